The fourth-order valence-electron chi connectivity index (χ4n) is 2.37. The van der Waals surface area contributed by atoms with Crippen LogP contribution in [-0.4, -0.2) is 24.6 Å². The van der Waals surface area contributed by atoms with E-state index in [-0.39, 0.29) is 0 Å². The van der Waals surface area contributed by atoms with Gasteiger partial charge in [-0.1, -0.05) is 51.9 Å². The van der Waals surface area contributed by atoms with Gasteiger partial charge in [0.15, 0.2) is 0 Å². The molecule has 0 saturated carbocycles. The molecule has 1 rings (SSSR count). The zero-order valence-corrected chi connectivity index (χ0v) is 11.1. The van der Waals surface area contributed by atoms with Gasteiger partial charge >= 0.3 is 0 Å². The molecule has 0 aromatic rings. The Bertz CT molecular complexity index is 142. The number of piperidine rings is 1. The van der Waals surface area contributed by atoms with Crippen LogP contribution in [0.25, 0.3) is 0 Å². The Morgan fingerprint density at radius 2 is 1.44 bits per heavy atom. The van der Waals surface area contributed by atoms with Gasteiger partial charge in [0.1, 0.15) is 0 Å². The van der Waals surface area contributed by atoms with E-state index >= 15 is 0 Å². The van der Waals surface area contributed by atoms with Gasteiger partial charge in [-0.2, -0.15) is 0 Å². The van der Waals surface area contributed by atoms with Crippen LogP contribution in [0.2, 0.25) is 0 Å². The van der Waals surface area contributed by atoms with E-state index < -0.39 is 0 Å². The van der Waals surface area contributed by atoms with Crippen molar-refractivity contribution in [3.05, 3.63) is 0 Å². The number of hydrazine groups is 1. The molecule has 1 aliphatic heterocycles. The quantitative estimate of drug-likeness (QED) is 0.603. The Labute approximate surface area is 102 Å². The predicted octanol–water partition coefficient (Wildman–Crippen LogP) is 3.73. The molecule has 1 heterocycles. The van der Waals surface area contributed by atoms with Crippen molar-refractivity contribution in [1.82, 2.24) is 10.4 Å². The fraction of sp³-hybridized carbons (Fsp3) is 1.00. The minimum atomic E-state index is 1.19. The molecule has 2 heteroatoms. The first-order valence-corrected chi connectivity index (χ1v) is 7.42. The first-order chi connectivity index (χ1) is 7.93. The molecule has 16 heavy (non-hydrogen) atoms. The highest BCUT2D eigenvalue weighted by molar-refractivity contribution is 4.60. The average Bonchev–Trinajstić information content (AvgIpc) is 2.34. The number of hydrogen-bond acceptors (Lipinski definition) is 2. The summed E-state index contributed by atoms with van der Waals surface area (Å²) in [5.41, 5.74) is 3.56. The van der Waals surface area contributed by atoms with Gasteiger partial charge in [0.25, 0.3) is 0 Å². The first-order valence-electron chi connectivity index (χ1n) is 7.42. The third-order valence-corrected chi connectivity index (χ3v) is 3.47. The van der Waals surface area contributed by atoms with E-state index in [2.05, 4.69) is 17.4 Å². The maximum Gasteiger partial charge on any atom is 0.0131 e. The monoisotopic (exact) mass is 226 g/mol. The van der Waals surface area contributed by atoms with Crippen molar-refractivity contribution in [3.8, 4) is 0 Å². The third kappa shape index (κ3) is 7.24. The largest absolute Gasteiger partial charge is 0.255 e. The summed E-state index contributed by atoms with van der Waals surface area (Å²) < 4.78 is 0. The van der Waals surface area contributed by atoms with Crippen molar-refractivity contribution in [2.24, 2.45) is 0 Å². The zero-order chi connectivity index (χ0) is 11.5. The van der Waals surface area contributed by atoms with Gasteiger partial charge in [0.2, 0.25) is 0 Å². The lowest BCUT2D eigenvalue weighted by Crippen LogP contribution is -2.41. The standard InChI is InChI=1S/C14H30N2/c1-2-3-4-5-6-7-9-12-15-16-13-10-8-11-14-16/h15H,2-14H2,1H3. The van der Waals surface area contributed by atoms with Gasteiger partial charge in [-0.15, -0.1) is 0 Å². The van der Waals surface area contributed by atoms with E-state index in [4.69, 9.17) is 0 Å². The summed E-state index contributed by atoms with van der Waals surface area (Å²) in [5.74, 6) is 0. The van der Waals surface area contributed by atoms with Gasteiger partial charge < -0.3 is 0 Å². The zero-order valence-electron chi connectivity index (χ0n) is 11.1. The van der Waals surface area contributed by atoms with Crippen molar-refractivity contribution < 1.29 is 0 Å². The summed E-state index contributed by atoms with van der Waals surface area (Å²) in [6, 6.07) is 0. The van der Waals surface area contributed by atoms with Gasteiger partial charge in [0.05, 0.1) is 0 Å². The van der Waals surface area contributed by atoms with Crippen LogP contribution in [-0.2, 0) is 0 Å². The summed E-state index contributed by atoms with van der Waals surface area (Å²) >= 11 is 0. The van der Waals surface area contributed by atoms with Crippen LogP contribution in [0.4, 0.5) is 0 Å². The molecule has 0 aromatic carbocycles. The molecule has 2 nitrogen and oxygen atoms in total. The Balaban J connectivity index is 1.77. The lowest BCUT2D eigenvalue weighted by molar-refractivity contribution is 0.153. The summed E-state index contributed by atoms with van der Waals surface area (Å²) in [5, 5.41) is 2.42. The van der Waals surface area contributed by atoms with Gasteiger partial charge in [-0.25, -0.2) is 5.01 Å². The van der Waals surface area contributed by atoms with E-state index in [1.54, 1.807) is 0 Å². The van der Waals surface area contributed by atoms with Crippen molar-refractivity contribution in [1.29, 1.82) is 0 Å². The lowest BCUT2D eigenvalue weighted by atomic mass is 10.1. The molecule has 1 saturated heterocycles. The van der Waals surface area contributed by atoms with Crippen LogP contribution in [0.3, 0.4) is 0 Å². The number of hydrogen-bond donors (Lipinski definition) is 1. The third-order valence-electron chi connectivity index (χ3n) is 3.47. The highest BCUT2D eigenvalue weighted by atomic mass is 15.5. The van der Waals surface area contributed by atoms with Crippen LogP contribution in [0.1, 0.15) is 71.1 Å². The van der Waals surface area contributed by atoms with Crippen LogP contribution < -0.4 is 5.43 Å². The molecule has 0 bridgehead atoms. The highest BCUT2D eigenvalue weighted by Gasteiger charge is 2.07. The van der Waals surface area contributed by atoms with Crippen molar-refractivity contribution in [2.45, 2.75) is 71.1 Å². The molecule has 0 amide bonds. The van der Waals surface area contributed by atoms with Crippen LogP contribution in [0.15, 0.2) is 0 Å². The van der Waals surface area contributed by atoms with Gasteiger partial charge in [-0.05, 0) is 19.3 Å². The highest BCUT2D eigenvalue weighted by Crippen LogP contribution is 2.08. The Hall–Kier alpha value is -0.0800. The SMILES string of the molecule is CCCCCCCCCNN1CCCCC1. The van der Waals surface area contributed by atoms with Gasteiger partial charge in [-0.3, -0.25) is 5.43 Å². The van der Waals surface area contributed by atoms with Crippen molar-refractivity contribution in [3.63, 3.8) is 0 Å². The summed E-state index contributed by atoms with van der Waals surface area (Å²) in [7, 11) is 0. The average molecular weight is 226 g/mol. The van der Waals surface area contributed by atoms with E-state index in [9.17, 15) is 0 Å². The molecule has 1 aliphatic rings. The number of unbranched alkanes of at least 4 members (excludes halogenated alkanes) is 6. The van der Waals surface area contributed by atoms with Crippen molar-refractivity contribution in [2.75, 3.05) is 19.6 Å². The molecule has 0 unspecified atom stereocenters. The summed E-state index contributed by atoms with van der Waals surface area (Å²) in [4.78, 5) is 0. The second-order valence-corrected chi connectivity index (χ2v) is 5.08. The Morgan fingerprint density at radius 1 is 0.812 bits per heavy atom. The van der Waals surface area contributed by atoms with E-state index in [0.717, 1.165) is 0 Å². The molecule has 0 radical (unpaired) electrons. The maximum absolute atomic E-state index is 3.56. The van der Waals surface area contributed by atoms with Crippen LogP contribution in [0, 0.1) is 0 Å². The topological polar surface area (TPSA) is 15.3 Å². The van der Waals surface area contributed by atoms with Crippen LogP contribution in [0.5, 0.6) is 0 Å². The van der Waals surface area contributed by atoms with Crippen molar-refractivity contribution >= 4 is 0 Å². The Morgan fingerprint density at radius 3 is 2.12 bits per heavy atom. The maximum atomic E-state index is 3.56. The minimum absolute atomic E-state index is 1.19. The molecule has 0 aromatic heterocycles. The van der Waals surface area contributed by atoms with E-state index in [0.29, 0.717) is 0 Å². The first kappa shape index (κ1) is 14.0. The van der Waals surface area contributed by atoms with Gasteiger partial charge in [0, 0.05) is 19.6 Å². The molecule has 1 N–H and O–H groups in total. The predicted molar refractivity (Wildman–Crippen MR) is 71.4 cm³/mol. The smallest absolute Gasteiger partial charge is 0.0131 e. The molecule has 0 spiro atoms. The van der Waals surface area contributed by atoms with E-state index in [1.165, 1.54) is 83.8 Å². The molecular formula is C14H30N2. The summed E-state index contributed by atoms with van der Waals surface area (Å²) in [6.07, 6.45) is 14.0. The van der Waals surface area contributed by atoms with Crippen LogP contribution >= 0.6 is 0 Å². The normalized spacial score (nSPS) is 17.8. The molecule has 0 atom stereocenters. The Kier molecular flexibility index (Phi) is 8.83. The minimum Gasteiger partial charge on any atom is -0.255 e. The van der Waals surface area contributed by atoms with E-state index in [1.807, 2.05) is 0 Å². The molecule has 0 aliphatic carbocycles. The number of rotatable bonds is 9. The molecule has 96 valence electrons. The molecule has 1 fully saturated rings. The fourth-order valence-corrected chi connectivity index (χ4v) is 2.37. The number of nitrogens with zero attached hydrogens (tertiary/aromatic N) is 1. The summed E-state index contributed by atoms with van der Waals surface area (Å²) in [6.45, 7) is 5.99. The second-order valence-electron chi connectivity index (χ2n) is 5.08. The lowest BCUT2D eigenvalue weighted by Gasteiger charge is -2.27. The second kappa shape index (κ2) is 10.1. The number of nitrogens with one attached hydrogen (secondary N) is 1. The molecular weight excluding hydrogens is 196 g/mol.